The molecule has 0 aliphatic heterocycles. The van der Waals surface area contributed by atoms with Crippen molar-refractivity contribution < 1.29 is 28.6 Å². The minimum absolute atomic E-state index is 0.0675. The van der Waals surface area contributed by atoms with Crippen LogP contribution in [0.25, 0.3) is 0 Å². The first-order valence-corrected chi connectivity index (χ1v) is 28.2. The van der Waals surface area contributed by atoms with Crippen molar-refractivity contribution in [1.29, 1.82) is 0 Å². The Kier molecular flexibility index (Phi) is 51.2. The molecule has 0 N–H and O–H groups in total. The van der Waals surface area contributed by atoms with Gasteiger partial charge in [-0.1, -0.05) is 264 Å². The third-order valence-electron chi connectivity index (χ3n) is 12.8. The maximum absolute atomic E-state index is 12.8. The van der Waals surface area contributed by atoms with Gasteiger partial charge >= 0.3 is 17.9 Å². The summed E-state index contributed by atoms with van der Waals surface area (Å²) < 4.78 is 16.9. The van der Waals surface area contributed by atoms with Crippen LogP contribution in [0.5, 0.6) is 0 Å². The molecule has 0 aromatic carbocycles. The summed E-state index contributed by atoms with van der Waals surface area (Å²) in [5.74, 6) is -0.853. The third kappa shape index (κ3) is 51.0. The SMILES string of the molecule is CCCCCCCC/C=C\CCCCCCCC(=O)OC(COC(=O)CCCCCCCCCCCCCCCCC)COC(=O)CCCCCCCCCCCCCCCCC. The molecule has 63 heavy (non-hydrogen) atoms. The van der Waals surface area contributed by atoms with Crippen molar-refractivity contribution in [3.05, 3.63) is 12.2 Å². The van der Waals surface area contributed by atoms with E-state index in [1.54, 1.807) is 0 Å². The van der Waals surface area contributed by atoms with Crippen LogP contribution in [0.4, 0.5) is 0 Å². The van der Waals surface area contributed by atoms with Crippen molar-refractivity contribution >= 4 is 17.9 Å². The molecule has 0 saturated heterocycles. The summed E-state index contributed by atoms with van der Waals surface area (Å²) in [4.78, 5) is 38.1. The molecule has 6 heteroatoms. The van der Waals surface area contributed by atoms with Crippen LogP contribution in [0, 0.1) is 0 Å². The highest BCUT2D eigenvalue weighted by Gasteiger charge is 2.19. The van der Waals surface area contributed by atoms with Gasteiger partial charge in [0.05, 0.1) is 0 Å². The summed E-state index contributed by atoms with van der Waals surface area (Å²) in [7, 11) is 0. The number of hydrogen-bond acceptors (Lipinski definition) is 6. The van der Waals surface area contributed by atoms with Gasteiger partial charge in [-0.3, -0.25) is 14.4 Å². The van der Waals surface area contributed by atoms with E-state index >= 15 is 0 Å². The van der Waals surface area contributed by atoms with Crippen LogP contribution >= 0.6 is 0 Å². The van der Waals surface area contributed by atoms with Crippen LogP contribution in [0.2, 0.25) is 0 Å². The summed E-state index contributed by atoms with van der Waals surface area (Å²) in [6, 6.07) is 0. The number of rotatable bonds is 52. The molecule has 0 rings (SSSR count). The highest BCUT2D eigenvalue weighted by Crippen LogP contribution is 2.17. The molecule has 0 fully saturated rings. The van der Waals surface area contributed by atoms with Gasteiger partial charge in [-0.25, -0.2) is 0 Å². The second-order valence-electron chi connectivity index (χ2n) is 19.2. The Balaban J connectivity index is 4.33. The van der Waals surface area contributed by atoms with Gasteiger partial charge in [-0.05, 0) is 44.9 Å². The molecule has 6 nitrogen and oxygen atoms in total. The molecule has 0 unspecified atom stereocenters. The Bertz CT molecular complexity index is 928. The predicted octanol–water partition coefficient (Wildman–Crippen LogP) is 18.5. The van der Waals surface area contributed by atoms with Crippen molar-refractivity contribution in [2.45, 2.75) is 322 Å². The van der Waals surface area contributed by atoms with Gasteiger partial charge in [0.1, 0.15) is 13.2 Å². The van der Waals surface area contributed by atoms with Crippen molar-refractivity contribution in [2.75, 3.05) is 13.2 Å². The Morgan fingerprint density at radius 3 is 0.794 bits per heavy atom. The fraction of sp³-hybridized carbons (Fsp3) is 0.912. The highest BCUT2D eigenvalue weighted by atomic mass is 16.6. The molecular formula is C57H108O6. The Labute approximate surface area is 392 Å². The lowest BCUT2D eigenvalue weighted by atomic mass is 10.0. The van der Waals surface area contributed by atoms with E-state index in [1.807, 2.05) is 0 Å². The van der Waals surface area contributed by atoms with Gasteiger partial charge in [0.2, 0.25) is 0 Å². The maximum atomic E-state index is 12.8. The van der Waals surface area contributed by atoms with Gasteiger partial charge < -0.3 is 14.2 Å². The van der Waals surface area contributed by atoms with E-state index in [1.165, 1.54) is 212 Å². The zero-order valence-corrected chi connectivity index (χ0v) is 42.6. The summed E-state index contributed by atoms with van der Waals surface area (Å²) >= 11 is 0. The lowest BCUT2D eigenvalue weighted by Gasteiger charge is -2.18. The minimum atomic E-state index is -0.768. The standard InChI is InChI=1S/C57H108O6/c1-4-7-10-13-16-19-22-25-28-31-34-37-40-43-46-49-55(58)61-52-54(63-57(60)51-48-45-42-39-36-33-30-27-24-21-18-15-12-9-6-3)53-62-56(59)50-47-44-41-38-35-32-29-26-23-20-17-14-11-8-5-2/h27,30,54H,4-26,28-29,31-53H2,1-3H3/b30-27-. The molecule has 0 bridgehead atoms. The monoisotopic (exact) mass is 889 g/mol. The summed E-state index contributed by atoms with van der Waals surface area (Å²) in [6.07, 6.45) is 59.1. The van der Waals surface area contributed by atoms with Crippen LogP contribution in [0.1, 0.15) is 316 Å². The first-order chi connectivity index (χ1) is 31.0. The van der Waals surface area contributed by atoms with Crippen LogP contribution < -0.4 is 0 Å². The molecule has 0 radical (unpaired) electrons. The van der Waals surface area contributed by atoms with Crippen molar-refractivity contribution in [1.82, 2.24) is 0 Å². The molecule has 0 spiro atoms. The quantitative estimate of drug-likeness (QED) is 0.0262. The van der Waals surface area contributed by atoms with Crippen LogP contribution in [0.15, 0.2) is 12.2 Å². The zero-order valence-electron chi connectivity index (χ0n) is 42.6. The molecule has 0 aromatic heterocycles. The van der Waals surface area contributed by atoms with Gasteiger partial charge in [-0.15, -0.1) is 0 Å². The molecule has 0 aliphatic rings. The summed E-state index contributed by atoms with van der Waals surface area (Å²) in [6.45, 7) is 6.68. The highest BCUT2D eigenvalue weighted by molar-refractivity contribution is 5.71. The van der Waals surface area contributed by atoms with Gasteiger partial charge in [0.15, 0.2) is 6.10 Å². The number of unbranched alkanes of at least 4 members (excludes halogenated alkanes) is 39. The Morgan fingerprint density at radius 2 is 0.524 bits per heavy atom. The lowest BCUT2D eigenvalue weighted by Crippen LogP contribution is -2.30. The first kappa shape index (κ1) is 61.1. The molecule has 372 valence electrons. The minimum Gasteiger partial charge on any atom is -0.462 e. The molecular weight excluding hydrogens is 781 g/mol. The summed E-state index contributed by atoms with van der Waals surface area (Å²) in [5.41, 5.74) is 0. The lowest BCUT2D eigenvalue weighted by molar-refractivity contribution is -0.167. The van der Waals surface area contributed by atoms with Crippen LogP contribution in [-0.4, -0.2) is 37.2 Å². The predicted molar refractivity (Wildman–Crippen MR) is 270 cm³/mol. The summed E-state index contributed by atoms with van der Waals surface area (Å²) in [5, 5.41) is 0. The molecule has 0 amide bonds. The fourth-order valence-electron chi connectivity index (χ4n) is 8.50. The molecule has 0 saturated carbocycles. The van der Waals surface area contributed by atoms with Crippen molar-refractivity contribution in [3.63, 3.8) is 0 Å². The average molecular weight is 889 g/mol. The van der Waals surface area contributed by atoms with Crippen molar-refractivity contribution in [3.8, 4) is 0 Å². The molecule has 0 aliphatic carbocycles. The van der Waals surface area contributed by atoms with Crippen LogP contribution in [0.3, 0.4) is 0 Å². The molecule has 0 heterocycles. The normalized spacial score (nSPS) is 11.6. The molecule has 0 atom stereocenters. The van der Waals surface area contributed by atoms with E-state index < -0.39 is 6.10 Å². The second kappa shape index (κ2) is 52.8. The number of ether oxygens (including phenoxy) is 3. The maximum Gasteiger partial charge on any atom is 0.306 e. The topological polar surface area (TPSA) is 78.9 Å². The van der Waals surface area contributed by atoms with Gasteiger partial charge in [-0.2, -0.15) is 0 Å². The third-order valence-corrected chi connectivity index (χ3v) is 12.8. The number of allylic oxidation sites excluding steroid dienone is 2. The smallest absolute Gasteiger partial charge is 0.306 e. The van der Waals surface area contributed by atoms with E-state index in [4.69, 9.17) is 14.2 Å². The largest absolute Gasteiger partial charge is 0.462 e. The van der Waals surface area contributed by atoms with Gasteiger partial charge in [0, 0.05) is 19.3 Å². The average Bonchev–Trinajstić information content (AvgIpc) is 3.28. The van der Waals surface area contributed by atoms with E-state index in [-0.39, 0.29) is 31.1 Å². The molecule has 0 aromatic rings. The van der Waals surface area contributed by atoms with E-state index in [2.05, 4.69) is 32.9 Å². The van der Waals surface area contributed by atoms with E-state index in [0.717, 1.165) is 64.2 Å². The van der Waals surface area contributed by atoms with E-state index in [0.29, 0.717) is 19.3 Å². The Morgan fingerprint density at radius 1 is 0.302 bits per heavy atom. The van der Waals surface area contributed by atoms with Crippen molar-refractivity contribution in [2.24, 2.45) is 0 Å². The number of carbonyl (C=O) groups excluding carboxylic acids is 3. The zero-order chi connectivity index (χ0) is 45.8. The number of hydrogen-bond donors (Lipinski definition) is 0. The number of esters is 3. The van der Waals surface area contributed by atoms with Gasteiger partial charge in [0.25, 0.3) is 0 Å². The Hall–Kier alpha value is -1.85. The van der Waals surface area contributed by atoms with Crippen LogP contribution in [-0.2, 0) is 28.6 Å². The first-order valence-electron chi connectivity index (χ1n) is 28.2. The van der Waals surface area contributed by atoms with E-state index in [9.17, 15) is 14.4 Å². The second-order valence-corrected chi connectivity index (χ2v) is 19.2. The fourth-order valence-corrected chi connectivity index (χ4v) is 8.50. The number of carbonyl (C=O) groups is 3.